The molecule has 0 heterocycles. The van der Waals surface area contributed by atoms with Gasteiger partial charge in [-0.2, -0.15) is 0 Å². The van der Waals surface area contributed by atoms with Crippen molar-refractivity contribution >= 4 is 11.6 Å². The van der Waals surface area contributed by atoms with E-state index in [2.05, 4.69) is 44.2 Å². The first kappa shape index (κ1) is 12.2. The van der Waals surface area contributed by atoms with Crippen LogP contribution in [0.15, 0.2) is 48.5 Å². The Hall–Kier alpha value is -1.27. The van der Waals surface area contributed by atoms with E-state index >= 15 is 0 Å². The molecule has 0 fully saturated rings. The first-order valence-corrected chi connectivity index (χ1v) is 6.36. The molecule has 0 aromatic heterocycles. The summed E-state index contributed by atoms with van der Waals surface area (Å²) in [7, 11) is 0. The molecule has 0 bridgehead atoms. The highest BCUT2D eigenvalue weighted by atomic mass is 35.5. The molecule has 17 heavy (non-hydrogen) atoms. The van der Waals surface area contributed by atoms with Crippen molar-refractivity contribution in [1.29, 1.82) is 0 Å². The van der Waals surface area contributed by atoms with Crippen LogP contribution in [0.3, 0.4) is 0 Å². The molecule has 0 nitrogen and oxygen atoms in total. The molecule has 0 spiro atoms. The smallest absolute Gasteiger partial charge is 0.0408 e. The lowest BCUT2D eigenvalue weighted by Gasteiger charge is -2.08. The molecule has 0 N–H and O–H groups in total. The maximum Gasteiger partial charge on any atom is 0.0408 e. The van der Waals surface area contributed by atoms with Crippen LogP contribution >= 0.6 is 11.6 Å². The molecule has 0 amide bonds. The van der Waals surface area contributed by atoms with Gasteiger partial charge in [-0.15, -0.1) is 0 Å². The average Bonchev–Trinajstić information content (AvgIpc) is 2.29. The predicted molar refractivity (Wildman–Crippen MR) is 74.8 cm³/mol. The number of benzene rings is 2. The van der Waals surface area contributed by atoms with Crippen LogP contribution in [-0.4, -0.2) is 0 Å². The van der Waals surface area contributed by atoms with Gasteiger partial charge in [-0.05, 0) is 41.2 Å². The fourth-order valence-electron chi connectivity index (χ4n) is 1.94. The van der Waals surface area contributed by atoms with Gasteiger partial charge in [-0.3, -0.25) is 0 Å². The second-order valence-corrected chi connectivity index (χ2v) is 5.14. The summed E-state index contributed by atoms with van der Waals surface area (Å²) in [6.45, 7) is 4.44. The van der Waals surface area contributed by atoms with E-state index in [-0.39, 0.29) is 0 Å². The Morgan fingerprint density at radius 2 is 1.59 bits per heavy atom. The molecule has 0 atom stereocenters. The molecule has 2 rings (SSSR count). The molecule has 0 aliphatic rings. The molecule has 0 saturated carbocycles. The number of rotatable bonds is 3. The van der Waals surface area contributed by atoms with Crippen LogP contribution in [-0.2, 0) is 6.42 Å². The van der Waals surface area contributed by atoms with E-state index in [1.165, 1.54) is 16.7 Å². The summed E-state index contributed by atoms with van der Waals surface area (Å²) in [5.74, 6) is 0.578. The van der Waals surface area contributed by atoms with Crippen LogP contribution in [0.25, 0.3) is 0 Å². The number of hydrogen-bond donors (Lipinski definition) is 0. The van der Waals surface area contributed by atoms with Gasteiger partial charge in [0.05, 0.1) is 0 Å². The van der Waals surface area contributed by atoms with Gasteiger partial charge in [0.1, 0.15) is 0 Å². The van der Waals surface area contributed by atoms with E-state index in [4.69, 9.17) is 11.6 Å². The summed E-state index contributed by atoms with van der Waals surface area (Å²) in [6.07, 6.45) is 0.946. The standard InChI is InChI=1S/C16H17Cl/c1-12(2)15-7-3-5-13(10-15)9-14-6-4-8-16(17)11-14/h3-8,10-12H,9H2,1-2H3. The first-order valence-electron chi connectivity index (χ1n) is 5.98. The second-order valence-electron chi connectivity index (χ2n) is 4.71. The summed E-state index contributed by atoms with van der Waals surface area (Å²) in [5.41, 5.74) is 4.00. The van der Waals surface area contributed by atoms with E-state index in [1.807, 2.05) is 18.2 Å². The second kappa shape index (κ2) is 5.37. The van der Waals surface area contributed by atoms with Crippen molar-refractivity contribution in [3.8, 4) is 0 Å². The third-order valence-electron chi connectivity index (χ3n) is 2.91. The minimum Gasteiger partial charge on any atom is -0.0843 e. The molecule has 0 aliphatic heterocycles. The Balaban J connectivity index is 2.21. The molecule has 2 aromatic carbocycles. The monoisotopic (exact) mass is 244 g/mol. The summed E-state index contributed by atoms with van der Waals surface area (Å²) < 4.78 is 0. The zero-order valence-electron chi connectivity index (χ0n) is 10.3. The lowest BCUT2D eigenvalue weighted by Crippen LogP contribution is -1.92. The maximum absolute atomic E-state index is 5.99. The Morgan fingerprint density at radius 3 is 2.24 bits per heavy atom. The molecule has 0 aliphatic carbocycles. The van der Waals surface area contributed by atoms with Crippen LogP contribution in [0.2, 0.25) is 5.02 Å². The lowest BCUT2D eigenvalue weighted by molar-refractivity contribution is 0.863. The molecular formula is C16H17Cl. The molecule has 0 radical (unpaired) electrons. The van der Waals surface area contributed by atoms with Crippen LogP contribution in [0, 0.1) is 0 Å². The average molecular weight is 245 g/mol. The number of halogens is 1. The molecule has 1 heteroatoms. The topological polar surface area (TPSA) is 0 Å². The molecular weight excluding hydrogens is 228 g/mol. The van der Waals surface area contributed by atoms with Gasteiger partial charge in [0, 0.05) is 5.02 Å². The number of hydrogen-bond acceptors (Lipinski definition) is 0. The van der Waals surface area contributed by atoms with E-state index in [0.717, 1.165) is 11.4 Å². The van der Waals surface area contributed by atoms with Crippen molar-refractivity contribution in [2.24, 2.45) is 0 Å². The minimum atomic E-state index is 0.578. The van der Waals surface area contributed by atoms with Gasteiger partial charge in [0.25, 0.3) is 0 Å². The Bertz CT molecular complexity index is 500. The Labute approximate surface area is 108 Å². The Kier molecular flexibility index (Phi) is 3.86. The molecule has 0 unspecified atom stereocenters. The van der Waals surface area contributed by atoms with Crippen LogP contribution in [0.1, 0.15) is 36.5 Å². The summed E-state index contributed by atoms with van der Waals surface area (Å²) in [4.78, 5) is 0. The van der Waals surface area contributed by atoms with Gasteiger partial charge in [0.15, 0.2) is 0 Å². The highest BCUT2D eigenvalue weighted by molar-refractivity contribution is 6.30. The summed E-state index contributed by atoms with van der Waals surface area (Å²) in [5, 5.41) is 0.808. The zero-order chi connectivity index (χ0) is 12.3. The van der Waals surface area contributed by atoms with E-state index in [9.17, 15) is 0 Å². The Morgan fingerprint density at radius 1 is 0.941 bits per heavy atom. The van der Waals surface area contributed by atoms with E-state index < -0.39 is 0 Å². The zero-order valence-corrected chi connectivity index (χ0v) is 11.0. The highest BCUT2D eigenvalue weighted by Crippen LogP contribution is 2.19. The third-order valence-corrected chi connectivity index (χ3v) is 3.15. The van der Waals surface area contributed by atoms with E-state index in [0.29, 0.717) is 5.92 Å². The maximum atomic E-state index is 5.99. The van der Waals surface area contributed by atoms with Gasteiger partial charge < -0.3 is 0 Å². The van der Waals surface area contributed by atoms with Crippen LogP contribution in [0.4, 0.5) is 0 Å². The lowest BCUT2D eigenvalue weighted by atomic mass is 9.98. The van der Waals surface area contributed by atoms with Crippen molar-refractivity contribution in [3.05, 3.63) is 70.2 Å². The van der Waals surface area contributed by atoms with Crippen molar-refractivity contribution in [2.45, 2.75) is 26.2 Å². The van der Waals surface area contributed by atoms with E-state index in [1.54, 1.807) is 0 Å². The molecule has 88 valence electrons. The van der Waals surface area contributed by atoms with Gasteiger partial charge in [-0.1, -0.05) is 61.8 Å². The van der Waals surface area contributed by atoms with Crippen molar-refractivity contribution in [2.75, 3.05) is 0 Å². The first-order chi connectivity index (χ1) is 8.15. The summed E-state index contributed by atoms with van der Waals surface area (Å²) >= 11 is 5.99. The quantitative estimate of drug-likeness (QED) is 0.709. The van der Waals surface area contributed by atoms with Gasteiger partial charge in [-0.25, -0.2) is 0 Å². The fourth-order valence-corrected chi connectivity index (χ4v) is 2.16. The van der Waals surface area contributed by atoms with Crippen molar-refractivity contribution < 1.29 is 0 Å². The van der Waals surface area contributed by atoms with Crippen LogP contribution in [0.5, 0.6) is 0 Å². The minimum absolute atomic E-state index is 0.578. The third kappa shape index (κ3) is 3.34. The molecule has 2 aromatic rings. The fraction of sp³-hybridized carbons (Fsp3) is 0.250. The normalized spacial score (nSPS) is 10.8. The SMILES string of the molecule is CC(C)c1cccc(Cc2cccc(Cl)c2)c1. The van der Waals surface area contributed by atoms with Gasteiger partial charge in [0.2, 0.25) is 0 Å². The molecule has 0 saturated heterocycles. The van der Waals surface area contributed by atoms with Crippen molar-refractivity contribution in [1.82, 2.24) is 0 Å². The highest BCUT2D eigenvalue weighted by Gasteiger charge is 2.01. The predicted octanol–water partition coefficient (Wildman–Crippen LogP) is 5.05. The van der Waals surface area contributed by atoms with Gasteiger partial charge >= 0.3 is 0 Å². The largest absolute Gasteiger partial charge is 0.0843 e. The van der Waals surface area contributed by atoms with Crippen molar-refractivity contribution in [3.63, 3.8) is 0 Å². The summed E-state index contributed by atoms with van der Waals surface area (Å²) in [6, 6.07) is 16.8. The van der Waals surface area contributed by atoms with Crippen LogP contribution < -0.4 is 0 Å².